The SMILES string of the molecule is O=C(CC1CC1)N1CCC[C@@H](Cc2ccn[nH]2)C1. The number of hydrogen-bond acceptors (Lipinski definition) is 2. The van der Waals surface area contributed by atoms with Gasteiger partial charge in [-0.3, -0.25) is 9.89 Å². The van der Waals surface area contributed by atoms with Crippen molar-refractivity contribution >= 4 is 5.91 Å². The lowest BCUT2D eigenvalue weighted by molar-refractivity contribution is -0.133. The molecule has 18 heavy (non-hydrogen) atoms. The number of aromatic nitrogens is 2. The zero-order chi connectivity index (χ0) is 12.4. The third-order valence-electron chi connectivity index (χ3n) is 4.10. The third kappa shape index (κ3) is 2.92. The first-order valence-corrected chi connectivity index (χ1v) is 7.07. The number of nitrogens with one attached hydrogen (secondary N) is 1. The van der Waals surface area contributed by atoms with E-state index in [0.29, 0.717) is 17.7 Å². The molecule has 0 aromatic carbocycles. The fourth-order valence-corrected chi connectivity index (χ4v) is 2.87. The number of aromatic amines is 1. The molecule has 1 amide bonds. The molecule has 1 N–H and O–H groups in total. The molecule has 2 aliphatic rings. The highest BCUT2D eigenvalue weighted by atomic mass is 16.2. The first kappa shape index (κ1) is 11.8. The molecule has 2 heterocycles. The Morgan fingerprint density at radius 2 is 2.28 bits per heavy atom. The lowest BCUT2D eigenvalue weighted by Gasteiger charge is -2.32. The van der Waals surface area contributed by atoms with Crippen LogP contribution < -0.4 is 0 Å². The average Bonchev–Trinajstić information content (AvgIpc) is 3.04. The highest BCUT2D eigenvalue weighted by Crippen LogP contribution is 2.33. The van der Waals surface area contributed by atoms with Gasteiger partial charge in [0, 0.05) is 31.4 Å². The van der Waals surface area contributed by atoms with Crippen LogP contribution in [0.1, 0.15) is 37.8 Å². The maximum atomic E-state index is 12.1. The molecule has 0 unspecified atom stereocenters. The van der Waals surface area contributed by atoms with E-state index in [9.17, 15) is 4.79 Å². The fraction of sp³-hybridized carbons (Fsp3) is 0.714. The van der Waals surface area contributed by atoms with Crippen molar-refractivity contribution in [3.05, 3.63) is 18.0 Å². The second kappa shape index (κ2) is 5.12. The lowest BCUT2D eigenvalue weighted by atomic mass is 9.93. The summed E-state index contributed by atoms with van der Waals surface area (Å²) in [5.74, 6) is 1.68. The number of carbonyl (C=O) groups excluding carboxylic acids is 1. The van der Waals surface area contributed by atoms with E-state index in [2.05, 4.69) is 15.1 Å². The zero-order valence-corrected chi connectivity index (χ0v) is 10.8. The van der Waals surface area contributed by atoms with Crippen LogP contribution in [0.4, 0.5) is 0 Å². The van der Waals surface area contributed by atoms with Gasteiger partial charge in [0.25, 0.3) is 0 Å². The van der Waals surface area contributed by atoms with Crippen LogP contribution in [0, 0.1) is 11.8 Å². The molecule has 3 rings (SSSR count). The number of nitrogens with zero attached hydrogens (tertiary/aromatic N) is 2. The normalized spacial score (nSPS) is 24.2. The van der Waals surface area contributed by atoms with E-state index < -0.39 is 0 Å². The number of amides is 1. The average molecular weight is 247 g/mol. The van der Waals surface area contributed by atoms with Gasteiger partial charge < -0.3 is 4.90 Å². The number of likely N-dealkylation sites (tertiary alicyclic amines) is 1. The van der Waals surface area contributed by atoms with Gasteiger partial charge in [-0.05, 0) is 50.0 Å². The van der Waals surface area contributed by atoms with E-state index >= 15 is 0 Å². The van der Waals surface area contributed by atoms with Crippen LogP contribution in [0.3, 0.4) is 0 Å². The standard InChI is InChI=1S/C14H21N3O/c18-14(9-11-3-4-11)17-7-1-2-12(10-17)8-13-5-6-15-16-13/h5-6,11-12H,1-4,7-10H2,(H,15,16)/t12-/m0/s1. The molecule has 1 saturated heterocycles. The highest BCUT2D eigenvalue weighted by molar-refractivity contribution is 5.76. The monoisotopic (exact) mass is 247 g/mol. The van der Waals surface area contributed by atoms with Crippen molar-refractivity contribution in [3.8, 4) is 0 Å². The Labute approximate surface area is 108 Å². The summed E-state index contributed by atoms with van der Waals surface area (Å²) in [6.45, 7) is 1.90. The van der Waals surface area contributed by atoms with E-state index in [-0.39, 0.29) is 0 Å². The summed E-state index contributed by atoms with van der Waals surface area (Å²) in [4.78, 5) is 14.2. The van der Waals surface area contributed by atoms with E-state index in [1.165, 1.54) is 25.0 Å². The molecule has 1 aromatic rings. The van der Waals surface area contributed by atoms with Gasteiger partial charge >= 0.3 is 0 Å². The number of carbonyl (C=O) groups is 1. The molecule has 1 aliphatic heterocycles. The first-order chi connectivity index (χ1) is 8.81. The number of piperidine rings is 1. The number of H-pyrrole nitrogens is 1. The van der Waals surface area contributed by atoms with Crippen LogP contribution in [0.2, 0.25) is 0 Å². The highest BCUT2D eigenvalue weighted by Gasteiger charge is 2.29. The summed E-state index contributed by atoms with van der Waals surface area (Å²) >= 11 is 0. The van der Waals surface area contributed by atoms with Crippen molar-refractivity contribution in [2.75, 3.05) is 13.1 Å². The molecule has 0 radical (unpaired) electrons. The quantitative estimate of drug-likeness (QED) is 0.884. The van der Waals surface area contributed by atoms with E-state index in [1.54, 1.807) is 6.20 Å². The second-order valence-electron chi connectivity index (χ2n) is 5.78. The predicted octanol–water partition coefficient (Wildman–Crippen LogP) is 1.99. The maximum Gasteiger partial charge on any atom is 0.222 e. The summed E-state index contributed by atoms with van der Waals surface area (Å²) < 4.78 is 0. The minimum atomic E-state index is 0.381. The maximum absolute atomic E-state index is 12.1. The van der Waals surface area contributed by atoms with Gasteiger partial charge in [0.1, 0.15) is 0 Å². The van der Waals surface area contributed by atoms with Gasteiger partial charge in [-0.2, -0.15) is 5.10 Å². The Kier molecular flexibility index (Phi) is 3.35. The molecule has 1 atom stereocenters. The van der Waals surface area contributed by atoms with Gasteiger partial charge in [-0.1, -0.05) is 0 Å². The molecule has 2 fully saturated rings. The Morgan fingerprint density at radius 3 is 3.00 bits per heavy atom. The van der Waals surface area contributed by atoms with Crippen LogP contribution >= 0.6 is 0 Å². The Bertz CT molecular complexity index is 397. The molecular weight excluding hydrogens is 226 g/mol. The van der Waals surface area contributed by atoms with Gasteiger partial charge in [0.05, 0.1) is 0 Å². The van der Waals surface area contributed by atoms with Crippen LogP contribution in [0.25, 0.3) is 0 Å². The van der Waals surface area contributed by atoms with Crippen molar-refractivity contribution in [3.63, 3.8) is 0 Å². The van der Waals surface area contributed by atoms with Gasteiger partial charge in [-0.25, -0.2) is 0 Å². The molecule has 4 heteroatoms. The van der Waals surface area contributed by atoms with Gasteiger partial charge in [0.2, 0.25) is 5.91 Å². The smallest absolute Gasteiger partial charge is 0.222 e. The van der Waals surface area contributed by atoms with Crippen LogP contribution in [-0.2, 0) is 11.2 Å². The van der Waals surface area contributed by atoms with Crippen molar-refractivity contribution in [2.24, 2.45) is 11.8 Å². The third-order valence-corrected chi connectivity index (χ3v) is 4.10. The molecule has 1 aromatic heterocycles. The second-order valence-corrected chi connectivity index (χ2v) is 5.78. The van der Waals surface area contributed by atoms with Crippen molar-refractivity contribution in [1.82, 2.24) is 15.1 Å². The molecule has 4 nitrogen and oxygen atoms in total. The topological polar surface area (TPSA) is 49.0 Å². The lowest BCUT2D eigenvalue weighted by Crippen LogP contribution is -2.40. The Balaban J connectivity index is 1.52. The summed E-state index contributed by atoms with van der Waals surface area (Å²) in [7, 11) is 0. The summed E-state index contributed by atoms with van der Waals surface area (Å²) in [5, 5.41) is 7.00. The largest absolute Gasteiger partial charge is 0.342 e. The van der Waals surface area contributed by atoms with Crippen LogP contribution in [-0.4, -0.2) is 34.1 Å². The van der Waals surface area contributed by atoms with Crippen molar-refractivity contribution in [1.29, 1.82) is 0 Å². The van der Waals surface area contributed by atoms with E-state index in [0.717, 1.165) is 32.4 Å². The first-order valence-electron chi connectivity index (χ1n) is 7.07. The number of hydrogen-bond donors (Lipinski definition) is 1. The molecule has 98 valence electrons. The summed E-state index contributed by atoms with van der Waals surface area (Å²) in [6, 6.07) is 2.03. The van der Waals surface area contributed by atoms with Gasteiger partial charge in [0.15, 0.2) is 0 Å². The molecule has 0 spiro atoms. The summed E-state index contributed by atoms with van der Waals surface area (Å²) in [6.07, 6.45) is 8.51. The minimum absolute atomic E-state index is 0.381. The van der Waals surface area contributed by atoms with E-state index in [1.807, 2.05) is 6.07 Å². The predicted molar refractivity (Wildman–Crippen MR) is 68.9 cm³/mol. The van der Waals surface area contributed by atoms with Crippen LogP contribution in [0.5, 0.6) is 0 Å². The minimum Gasteiger partial charge on any atom is -0.342 e. The molecular formula is C14H21N3O. The van der Waals surface area contributed by atoms with Crippen LogP contribution in [0.15, 0.2) is 12.3 Å². The Morgan fingerprint density at radius 1 is 1.39 bits per heavy atom. The number of rotatable bonds is 4. The van der Waals surface area contributed by atoms with Crippen molar-refractivity contribution < 1.29 is 4.79 Å². The van der Waals surface area contributed by atoms with E-state index in [4.69, 9.17) is 0 Å². The van der Waals surface area contributed by atoms with Gasteiger partial charge in [-0.15, -0.1) is 0 Å². The fourth-order valence-electron chi connectivity index (χ4n) is 2.87. The summed E-state index contributed by atoms with van der Waals surface area (Å²) in [5.41, 5.74) is 1.19. The van der Waals surface area contributed by atoms with Crippen molar-refractivity contribution in [2.45, 2.75) is 38.5 Å². The molecule has 1 aliphatic carbocycles. The molecule has 1 saturated carbocycles. The zero-order valence-electron chi connectivity index (χ0n) is 10.8. The Hall–Kier alpha value is -1.32. The molecule has 0 bridgehead atoms.